The number of nitrogens with one attached hydrogen (secondary N) is 3. The van der Waals surface area contributed by atoms with E-state index in [4.69, 9.17) is 14.2 Å². The number of ether oxygens (including phenoxy) is 3. The second-order valence-electron chi connectivity index (χ2n) is 13.9. The van der Waals surface area contributed by atoms with Crippen molar-refractivity contribution < 1.29 is 47.8 Å². The van der Waals surface area contributed by atoms with Crippen molar-refractivity contribution in [2.75, 3.05) is 33.0 Å². The zero-order chi connectivity index (χ0) is 40.1. The molecule has 0 spiro atoms. The predicted octanol–water partition coefficient (Wildman–Crippen LogP) is 3.78. The third kappa shape index (κ3) is 8.92. The monoisotopic (exact) mass is 772 g/mol. The summed E-state index contributed by atoms with van der Waals surface area (Å²) < 4.78 is 16.9. The lowest BCUT2D eigenvalue weighted by Crippen LogP contribution is -2.54. The van der Waals surface area contributed by atoms with Gasteiger partial charge >= 0.3 is 0 Å². The minimum atomic E-state index is -1.11. The molecule has 1 atom stereocenters. The van der Waals surface area contributed by atoms with Gasteiger partial charge in [-0.1, -0.05) is 36.4 Å². The fourth-order valence-corrected chi connectivity index (χ4v) is 6.62. The highest BCUT2D eigenvalue weighted by Crippen LogP contribution is 2.34. The van der Waals surface area contributed by atoms with E-state index in [0.717, 1.165) is 34.4 Å². The van der Waals surface area contributed by atoms with Crippen LogP contribution >= 0.6 is 0 Å². The van der Waals surface area contributed by atoms with Crippen LogP contribution < -0.4 is 25.4 Å². The normalized spacial score (nSPS) is 16.2. The number of rotatable bonds is 16. The molecule has 0 bridgehead atoms. The Labute approximate surface area is 327 Å². The molecule has 1 aliphatic carbocycles. The van der Waals surface area contributed by atoms with Gasteiger partial charge in [0, 0.05) is 35.7 Å². The van der Waals surface area contributed by atoms with Crippen molar-refractivity contribution in [1.82, 2.24) is 20.9 Å². The van der Waals surface area contributed by atoms with Crippen molar-refractivity contribution in [2.24, 2.45) is 0 Å². The summed E-state index contributed by atoms with van der Waals surface area (Å²) in [6, 6.07) is 23.4. The van der Waals surface area contributed by atoms with E-state index in [1.165, 1.54) is 18.2 Å². The molecule has 14 nitrogen and oxygen atoms in total. The summed E-state index contributed by atoms with van der Waals surface area (Å²) in [6.45, 7) is 2.40. The average Bonchev–Trinajstić information content (AvgIpc) is 4.00. The van der Waals surface area contributed by atoms with E-state index in [0.29, 0.717) is 22.4 Å². The second kappa shape index (κ2) is 17.0. The predicted molar refractivity (Wildman–Crippen MR) is 205 cm³/mol. The Morgan fingerprint density at radius 1 is 0.772 bits per heavy atom. The van der Waals surface area contributed by atoms with Crippen LogP contribution in [0.4, 0.5) is 0 Å². The number of carbonyl (C=O) groups is 7. The van der Waals surface area contributed by atoms with Crippen molar-refractivity contribution in [2.45, 2.75) is 44.7 Å². The summed E-state index contributed by atoms with van der Waals surface area (Å²) in [5, 5.41) is 7.83. The molecule has 6 amide bonds. The number of fused-ring (bicyclic) bond motifs is 1. The fourth-order valence-electron chi connectivity index (χ4n) is 6.62. The Hall–Kier alpha value is -6.67. The third-order valence-corrected chi connectivity index (χ3v) is 9.84. The van der Waals surface area contributed by atoms with Crippen LogP contribution in [0, 0.1) is 6.92 Å². The maximum Gasteiger partial charge on any atom is 0.266 e. The molecule has 2 fully saturated rings. The standard InChI is InChI=1S/C43H40N4O10/c1-25-5-6-29(40(51)45-30-13-14-30)23-33(25)26-7-9-27(10-8-26)39(50)28-11-15-31(16-12-28)56-22-21-55-20-19-44-37(49)24-57-35-4-2-3-32-38(35)43(54)47(42(32)53)34-17-18-36(48)46-41(34)52/h2-12,15-16,23,30,34H,13-14,17-22,24H2,1H3,(H,44,49)(H,45,51)(H,46,48,52)/t34-/m0/s1. The van der Waals surface area contributed by atoms with Gasteiger partial charge in [-0.3, -0.25) is 43.8 Å². The second-order valence-corrected chi connectivity index (χ2v) is 13.9. The molecule has 0 aromatic heterocycles. The maximum atomic E-state index is 13.2. The molecule has 4 aromatic rings. The highest BCUT2D eigenvalue weighted by Gasteiger charge is 2.46. The Morgan fingerprint density at radius 3 is 2.21 bits per heavy atom. The number of hydrogen-bond donors (Lipinski definition) is 3. The summed E-state index contributed by atoms with van der Waals surface area (Å²) >= 11 is 0. The van der Waals surface area contributed by atoms with Crippen LogP contribution in [0.1, 0.15) is 78.2 Å². The number of hydrogen-bond acceptors (Lipinski definition) is 10. The largest absolute Gasteiger partial charge is 0.491 e. The number of benzene rings is 4. The molecule has 57 heavy (non-hydrogen) atoms. The summed E-state index contributed by atoms with van der Waals surface area (Å²) in [5.74, 6) is -2.68. The lowest BCUT2D eigenvalue weighted by molar-refractivity contribution is -0.136. The Bertz CT molecular complexity index is 2250. The van der Waals surface area contributed by atoms with Gasteiger partial charge in [-0.15, -0.1) is 0 Å². The maximum absolute atomic E-state index is 13.2. The van der Waals surface area contributed by atoms with E-state index >= 15 is 0 Å². The number of ketones is 1. The number of piperidine rings is 1. The molecule has 292 valence electrons. The molecule has 3 aliphatic rings. The van der Waals surface area contributed by atoms with E-state index in [1.807, 2.05) is 37.3 Å². The molecule has 1 saturated carbocycles. The lowest BCUT2D eigenvalue weighted by Gasteiger charge is -2.27. The van der Waals surface area contributed by atoms with Crippen LogP contribution in [0.25, 0.3) is 11.1 Å². The molecule has 0 unspecified atom stereocenters. The van der Waals surface area contributed by atoms with Gasteiger partial charge in [0.2, 0.25) is 11.8 Å². The van der Waals surface area contributed by atoms with Gasteiger partial charge in [-0.2, -0.15) is 0 Å². The van der Waals surface area contributed by atoms with E-state index in [2.05, 4.69) is 16.0 Å². The number of imide groups is 2. The number of amides is 6. The molecule has 7 rings (SSSR count). The number of nitrogens with zero attached hydrogens (tertiary/aromatic N) is 1. The third-order valence-electron chi connectivity index (χ3n) is 9.84. The van der Waals surface area contributed by atoms with E-state index in [-0.39, 0.29) is 73.8 Å². The molecule has 14 heteroatoms. The minimum absolute atomic E-state index is 0.00121. The highest BCUT2D eigenvalue weighted by molar-refractivity contribution is 6.24. The summed E-state index contributed by atoms with van der Waals surface area (Å²) in [7, 11) is 0. The SMILES string of the molecule is Cc1ccc(C(=O)NC2CC2)cc1-c1ccc(C(=O)c2ccc(OCCOCCNC(=O)COc3cccc4c3C(=O)N([C@H]3CCC(=O)NC3=O)C4=O)cc2)cc1. The van der Waals surface area contributed by atoms with Crippen molar-refractivity contribution in [1.29, 1.82) is 0 Å². The quantitative estimate of drug-likeness (QED) is 0.0860. The minimum Gasteiger partial charge on any atom is -0.491 e. The van der Waals surface area contributed by atoms with E-state index in [9.17, 15) is 33.6 Å². The van der Waals surface area contributed by atoms with Crippen molar-refractivity contribution in [3.05, 3.63) is 118 Å². The average molecular weight is 773 g/mol. The van der Waals surface area contributed by atoms with Crippen LogP contribution in [0.5, 0.6) is 11.5 Å². The molecule has 1 saturated heterocycles. The van der Waals surface area contributed by atoms with Gasteiger partial charge in [0.25, 0.3) is 23.6 Å². The molecule has 3 N–H and O–H groups in total. The van der Waals surface area contributed by atoms with Crippen LogP contribution in [0.3, 0.4) is 0 Å². The molecular formula is C43H40N4O10. The van der Waals surface area contributed by atoms with E-state index < -0.39 is 42.2 Å². The first-order chi connectivity index (χ1) is 27.6. The summed E-state index contributed by atoms with van der Waals surface area (Å²) in [6.07, 6.45) is 2.07. The van der Waals surface area contributed by atoms with Crippen LogP contribution in [0.2, 0.25) is 0 Å². The zero-order valence-electron chi connectivity index (χ0n) is 31.1. The van der Waals surface area contributed by atoms with Gasteiger partial charge < -0.3 is 24.8 Å². The van der Waals surface area contributed by atoms with Gasteiger partial charge in [-0.05, 0) is 91.4 Å². The Kier molecular flexibility index (Phi) is 11.5. The van der Waals surface area contributed by atoms with Crippen molar-refractivity contribution in [3.8, 4) is 22.6 Å². The first kappa shape index (κ1) is 38.6. The van der Waals surface area contributed by atoms with Crippen molar-refractivity contribution in [3.63, 3.8) is 0 Å². The molecule has 2 aliphatic heterocycles. The van der Waals surface area contributed by atoms with Crippen LogP contribution in [-0.2, 0) is 19.1 Å². The lowest BCUT2D eigenvalue weighted by atomic mass is 9.95. The Balaban J connectivity index is 0.807. The Morgan fingerprint density at radius 2 is 1.49 bits per heavy atom. The van der Waals surface area contributed by atoms with Gasteiger partial charge in [0.15, 0.2) is 12.4 Å². The first-order valence-electron chi connectivity index (χ1n) is 18.7. The molecule has 4 aromatic carbocycles. The van der Waals surface area contributed by atoms with E-state index in [1.54, 1.807) is 36.4 Å². The number of aryl methyl sites for hydroxylation is 1. The van der Waals surface area contributed by atoms with Gasteiger partial charge in [-0.25, -0.2) is 0 Å². The van der Waals surface area contributed by atoms with Gasteiger partial charge in [0.05, 0.1) is 24.3 Å². The topological polar surface area (TPSA) is 187 Å². The summed E-state index contributed by atoms with van der Waals surface area (Å²) in [4.78, 5) is 89.1. The summed E-state index contributed by atoms with van der Waals surface area (Å²) in [5.41, 5.74) is 4.55. The van der Waals surface area contributed by atoms with Crippen LogP contribution in [-0.4, -0.2) is 91.2 Å². The molecular weight excluding hydrogens is 732 g/mol. The fraction of sp³-hybridized carbons (Fsp3) is 0.279. The molecule has 0 radical (unpaired) electrons. The van der Waals surface area contributed by atoms with Crippen molar-refractivity contribution >= 4 is 41.2 Å². The molecule has 2 heterocycles. The van der Waals surface area contributed by atoms with Gasteiger partial charge in [0.1, 0.15) is 24.1 Å². The zero-order valence-corrected chi connectivity index (χ0v) is 31.1. The van der Waals surface area contributed by atoms with Crippen LogP contribution in [0.15, 0.2) is 84.9 Å². The number of carbonyl (C=O) groups excluding carboxylic acids is 7. The smallest absolute Gasteiger partial charge is 0.266 e. The first-order valence-corrected chi connectivity index (χ1v) is 18.7. The highest BCUT2D eigenvalue weighted by atomic mass is 16.5.